The maximum Gasteiger partial charge on any atom is 0.236 e. The van der Waals surface area contributed by atoms with Crippen molar-refractivity contribution >= 4 is 40.7 Å². The molecule has 0 saturated carbocycles. The summed E-state index contributed by atoms with van der Waals surface area (Å²) in [6.45, 7) is 0.0674. The molecule has 0 radical (unpaired) electrons. The molecule has 0 aromatic heterocycles. The fraction of sp³-hybridized carbons (Fsp3) is 0.118. The Balaban J connectivity index is 1.63. The smallest absolute Gasteiger partial charge is 0.236 e. The van der Waals surface area contributed by atoms with Gasteiger partial charge in [0, 0.05) is 5.56 Å². The van der Waals surface area contributed by atoms with Crippen LogP contribution in [0.15, 0.2) is 52.7 Å². The quantitative estimate of drug-likeness (QED) is 0.639. The highest BCUT2D eigenvalue weighted by Gasteiger charge is 2.15. The number of ether oxygens (including phenoxy) is 1. The molecule has 0 aliphatic carbocycles. The maximum absolute atomic E-state index is 13.8. The fourth-order valence-corrected chi connectivity index (χ4v) is 2.86. The molecule has 1 heterocycles. The van der Waals surface area contributed by atoms with Crippen LogP contribution < -0.4 is 10.1 Å². The number of halogens is 2. The molecule has 1 amide bonds. The second kappa shape index (κ2) is 8.13. The van der Waals surface area contributed by atoms with E-state index in [4.69, 9.17) is 16.3 Å². The van der Waals surface area contributed by atoms with Gasteiger partial charge >= 0.3 is 0 Å². The molecule has 0 bridgehead atoms. The highest BCUT2D eigenvalue weighted by atomic mass is 35.5. The fourth-order valence-electron chi connectivity index (χ4n) is 2.03. The van der Waals surface area contributed by atoms with E-state index in [0.717, 1.165) is 5.56 Å². The first-order valence-corrected chi connectivity index (χ1v) is 8.67. The van der Waals surface area contributed by atoms with Gasteiger partial charge in [-0.2, -0.15) is 5.10 Å². The third-order valence-electron chi connectivity index (χ3n) is 3.23. The molecule has 0 spiro atoms. The Bertz CT molecular complexity index is 858. The minimum absolute atomic E-state index is 0.0674. The Morgan fingerprint density at radius 1 is 1.32 bits per heavy atom. The van der Waals surface area contributed by atoms with Gasteiger partial charge in [-0.25, -0.2) is 4.39 Å². The summed E-state index contributed by atoms with van der Waals surface area (Å²) in [7, 11) is 0. The highest BCUT2D eigenvalue weighted by molar-refractivity contribution is 8.15. The van der Waals surface area contributed by atoms with E-state index in [0.29, 0.717) is 22.2 Å². The Morgan fingerprint density at radius 3 is 2.96 bits per heavy atom. The second-order valence-electron chi connectivity index (χ2n) is 5.06. The van der Waals surface area contributed by atoms with Crippen LogP contribution in [0.1, 0.15) is 11.1 Å². The molecule has 3 rings (SSSR count). The molecular formula is C17H13ClFN3O2S. The number of rotatable bonds is 5. The number of carbonyl (C=O) groups is 1. The maximum atomic E-state index is 13.8. The van der Waals surface area contributed by atoms with Gasteiger partial charge in [-0.15, -0.1) is 5.10 Å². The minimum atomic E-state index is -0.478. The molecule has 2 aromatic rings. The summed E-state index contributed by atoms with van der Waals surface area (Å²) in [4.78, 5) is 11.0. The molecule has 2 aromatic carbocycles. The zero-order valence-electron chi connectivity index (χ0n) is 12.9. The summed E-state index contributed by atoms with van der Waals surface area (Å²) in [5.74, 6) is 0.369. The Labute approximate surface area is 152 Å². The third kappa shape index (κ3) is 4.80. The summed E-state index contributed by atoms with van der Waals surface area (Å²) < 4.78 is 19.5. The Kier molecular flexibility index (Phi) is 5.67. The number of hydrogen-bond donors (Lipinski definition) is 1. The molecule has 1 fully saturated rings. The third-order valence-corrected chi connectivity index (χ3v) is 4.38. The van der Waals surface area contributed by atoms with Crippen molar-refractivity contribution in [3.8, 4) is 5.75 Å². The molecule has 0 unspecified atom stereocenters. The molecule has 1 aliphatic rings. The number of hydrogen-bond acceptors (Lipinski definition) is 5. The van der Waals surface area contributed by atoms with Crippen LogP contribution in [-0.2, 0) is 11.4 Å². The lowest BCUT2D eigenvalue weighted by molar-refractivity contribution is -0.116. The zero-order valence-corrected chi connectivity index (χ0v) is 14.5. The lowest BCUT2D eigenvalue weighted by Gasteiger charge is -2.08. The van der Waals surface area contributed by atoms with E-state index in [9.17, 15) is 9.18 Å². The van der Waals surface area contributed by atoms with Crippen molar-refractivity contribution in [3.05, 3.63) is 64.4 Å². The van der Waals surface area contributed by atoms with Crippen LogP contribution in [0.2, 0.25) is 5.02 Å². The van der Waals surface area contributed by atoms with E-state index in [-0.39, 0.29) is 17.5 Å². The van der Waals surface area contributed by atoms with Gasteiger partial charge in [-0.05, 0) is 23.8 Å². The number of carbonyl (C=O) groups excluding carboxylic acids is 1. The average Bonchev–Trinajstić information content (AvgIpc) is 3.02. The van der Waals surface area contributed by atoms with Crippen molar-refractivity contribution in [2.45, 2.75) is 6.61 Å². The molecular weight excluding hydrogens is 365 g/mol. The zero-order chi connectivity index (χ0) is 17.6. The molecule has 128 valence electrons. The van der Waals surface area contributed by atoms with Gasteiger partial charge < -0.3 is 10.1 Å². The monoisotopic (exact) mass is 377 g/mol. The van der Waals surface area contributed by atoms with Gasteiger partial charge in [0.05, 0.1) is 17.0 Å². The summed E-state index contributed by atoms with van der Waals surface area (Å²) in [5.41, 5.74) is 1.15. The standard InChI is InChI=1S/C17H13ClFN3O2S/c18-14-6-2-4-12(16(14)19)9-24-13-5-1-3-11(7-13)8-20-22-17-21-15(23)10-25-17/h1-8H,9-10H2,(H,21,22,23). The van der Waals surface area contributed by atoms with Crippen LogP contribution >= 0.6 is 23.4 Å². The Morgan fingerprint density at radius 2 is 2.16 bits per heavy atom. The van der Waals surface area contributed by atoms with Gasteiger partial charge in [0.1, 0.15) is 18.2 Å². The number of amides is 1. The summed E-state index contributed by atoms with van der Waals surface area (Å²) >= 11 is 7.05. The van der Waals surface area contributed by atoms with Gasteiger partial charge in [0.25, 0.3) is 0 Å². The van der Waals surface area contributed by atoms with Gasteiger partial charge in [0.15, 0.2) is 5.17 Å². The molecule has 5 nitrogen and oxygen atoms in total. The van der Waals surface area contributed by atoms with E-state index in [1.54, 1.807) is 36.5 Å². The van der Waals surface area contributed by atoms with Crippen molar-refractivity contribution < 1.29 is 13.9 Å². The van der Waals surface area contributed by atoms with Crippen molar-refractivity contribution in [1.29, 1.82) is 0 Å². The van der Waals surface area contributed by atoms with Crippen LogP contribution in [-0.4, -0.2) is 23.0 Å². The summed E-state index contributed by atoms with van der Waals surface area (Å²) in [6, 6.07) is 11.9. The van der Waals surface area contributed by atoms with Crippen LogP contribution in [0, 0.1) is 5.82 Å². The summed E-state index contributed by atoms with van der Waals surface area (Å²) in [5, 5.41) is 11.0. The van der Waals surface area contributed by atoms with E-state index < -0.39 is 5.82 Å². The van der Waals surface area contributed by atoms with Gasteiger partial charge in [-0.1, -0.05) is 47.6 Å². The average molecular weight is 378 g/mol. The Hall–Kier alpha value is -2.38. The molecule has 1 aliphatic heterocycles. The van der Waals surface area contributed by atoms with Crippen LogP contribution in [0.25, 0.3) is 0 Å². The molecule has 8 heteroatoms. The van der Waals surface area contributed by atoms with E-state index >= 15 is 0 Å². The van der Waals surface area contributed by atoms with Crippen molar-refractivity contribution in [3.63, 3.8) is 0 Å². The van der Waals surface area contributed by atoms with Crippen molar-refractivity contribution in [1.82, 2.24) is 5.32 Å². The SMILES string of the molecule is O=C1CSC(=NN=Cc2cccc(OCc3cccc(Cl)c3F)c2)N1. The van der Waals surface area contributed by atoms with E-state index in [1.165, 1.54) is 17.8 Å². The van der Waals surface area contributed by atoms with E-state index in [2.05, 4.69) is 15.5 Å². The van der Waals surface area contributed by atoms with E-state index in [1.807, 2.05) is 6.07 Å². The topological polar surface area (TPSA) is 63.0 Å². The summed E-state index contributed by atoms with van der Waals surface area (Å²) in [6.07, 6.45) is 1.55. The minimum Gasteiger partial charge on any atom is -0.489 e. The van der Waals surface area contributed by atoms with Crippen LogP contribution in [0.4, 0.5) is 4.39 Å². The number of benzene rings is 2. The second-order valence-corrected chi connectivity index (χ2v) is 6.43. The van der Waals surface area contributed by atoms with Crippen LogP contribution in [0.5, 0.6) is 5.75 Å². The number of nitrogens with zero attached hydrogens (tertiary/aromatic N) is 2. The first-order chi connectivity index (χ1) is 12.1. The van der Waals surface area contributed by atoms with Crippen molar-refractivity contribution in [2.75, 3.05) is 5.75 Å². The lowest BCUT2D eigenvalue weighted by Crippen LogP contribution is -2.19. The number of nitrogens with one attached hydrogen (secondary N) is 1. The first kappa shape index (κ1) is 17.4. The van der Waals surface area contributed by atoms with Gasteiger partial charge in [-0.3, -0.25) is 4.79 Å². The lowest BCUT2D eigenvalue weighted by atomic mass is 10.2. The molecule has 1 N–H and O–H groups in total. The number of thioether (sulfide) groups is 1. The van der Waals surface area contributed by atoms with Gasteiger partial charge in [0.2, 0.25) is 5.91 Å². The number of amidine groups is 1. The predicted molar refractivity (Wildman–Crippen MR) is 97.8 cm³/mol. The van der Waals surface area contributed by atoms with Crippen LogP contribution in [0.3, 0.4) is 0 Å². The molecule has 0 atom stereocenters. The normalized spacial score (nSPS) is 15.8. The first-order valence-electron chi connectivity index (χ1n) is 7.31. The predicted octanol–water partition coefficient (Wildman–Crippen LogP) is 3.61. The largest absolute Gasteiger partial charge is 0.489 e. The molecule has 1 saturated heterocycles. The highest BCUT2D eigenvalue weighted by Crippen LogP contribution is 2.20. The molecule has 25 heavy (non-hydrogen) atoms. The van der Waals surface area contributed by atoms with Crippen molar-refractivity contribution in [2.24, 2.45) is 10.2 Å².